The second kappa shape index (κ2) is 6.93. The molecule has 1 aliphatic rings. The topological polar surface area (TPSA) is 95.5 Å². The van der Waals surface area contributed by atoms with Gasteiger partial charge in [-0.05, 0) is 25.8 Å². The van der Waals surface area contributed by atoms with E-state index in [0.29, 0.717) is 6.54 Å². The van der Waals surface area contributed by atoms with E-state index in [4.69, 9.17) is 5.11 Å². The molecule has 1 atom stereocenters. The molecule has 0 bridgehead atoms. The van der Waals surface area contributed by atoms with Gasteiger partial charge in [0.25, 0.3) is 0 Å². The van der Waals surface area contributed by atoms with E-state index in [1.165, 1.54) is 0 Å². The van der Waals surface area contributed by atoms with Gasteiger partial charge >= 0.3 is 5.97 Å². The molecule has 1 fully saturated rings. The third-order valence-electron chi connectivity index (χ3n) is 2.70. The first kappa shape index (κ1) is 14.4. The molecule has 1 saturated heterocycles. The van der Waals surface area contributed by atoms with Crippen LogP contribution in [0.3, 0.4) is 0 Å². The van der Waals surface area contributed by atoms with Gasteiger partial charge < -0.3 is 10.4 Å². The zero-order chi connectivity index (χ0) is 12.7. The van der Waals surface area contributed by atoms with Crippen molar-refractivity contribution in [1.82, 2.24) is 10.0 Å². The number of hydrogen-bond acceptors (Lipinski definition) is 4. The first-order valence-electron chi connectivity index (χ1n) is 5.92. The van der Waals surface area contributed by atoms with Gasteiger partial charge in [-0.3, -0.25) is 4.79 Å². The van der Waals surface area contributed by atoms with Gasteiger partial charge in [-0.2, -0.15) is 0 Å². The van der Waals surface area contributed by atoms with Crippen molar-refractivity contribution in [3.05, 3.63) is 0 Å². The molecule has 0 aromatic heterocycles. The number of nitrogens with one attached hydrogen (secondary N) is 2. The SMILES string of the molecule is O=C(O)CCCS(=O)(=O)NC1CCCCNC1. The van der Waals surface area contributed by atoms with Crippen molar-refractivity contribution in [3.63, 3.8) is 0 Å². The summed E-state index contributed by atoms with van der Waals surface area (Å²) in [6, 6.07) is -0.0627. The van der Waals surface area contributed by atoms with E-state index in [0.717, 1.165) is 25.8 Å². The summed E-state index contributed by atoms with van der Waals surface area (Å²) in [4.78, 5) is 10.3. The normalized spacial score (nSPS) is 22.0. The van der Waals surface area contributed by atoms with Crippen LogP contribution in [0.4, 0.5) is 0 Å². The molecule has 0 spiro atoms. The highest BCUT2D eigenvalue weighted by Crippen LogP contribution is 2.06. The molecule has 0 aromatic rings. The summed E-state index contributed by atoms with van der Waals surface area (Å²) < 4.78 is 25.9. The van der Waals surface area contributed by atoms with Crippen molar-refractivity contribution in [2.45, 2.75) is 38.1 Å². The van der Waals surface area contributed by atoms with Crippen LogP contribution < -0.4 is 10.0 Å². The van der Waals surface area contributed by atoms with Gasteiger partial charge in [0.2, 0.25) is 10.0 Å². The Balaban J connectivity index is 2.34. The number of aliphatic carboxylic acids is 1. The molecular weight excluding hydrogens is 244 g/mol. The van der Waals surface area contributed by atoms with E-state index in [1.807, 2.05) is 0 Å². The van der Waals surface area contributed by atoms with Crippen LogP contribution in [0, 0.1) is 0 Å². The monoisotopic (exact) mass is 264 g/mol. The molecule has 1 aliphatic heterocycles. The lowest BCUT2D eigenvalue weighted by atomic mass is 10.2. The predicted octanol–water partition coefficient (Wildman–Crippen LogP) is -0.0873. The molecule has 1 unspecified atom stereocenters. The van der Waals surface area contributed by atoms with E-state index in [1.54, 1.807) is 0 Å². The van der Waals surface area contributed by atoms with Crippen LogP contribution in [0.1, 0.15) is 32.1 Å². The van der Waals surface area contributed by atoms with Crippen LogP contribution >= 0.6 is 0 Å². The van der Waals surface area contributed by atoms with E-state index >= 15 is 0 Å². The first-order valence-corrected chi connectivity index (χ1v) is 7.57. The number of hydrogen-bond donors (Lipinski definition) is 3. The van der Waals surface area contributed by atoms with Crippen molar-refractivity contribution >= 4 is 16.0 Å². The molecule has 1 heterocycles. The fourth-order valence-electron chi connectivity index (χ4n) is 1.85. The highest BCUT2D eigenvalue weighted by atomic mass is 32.2. The van der Waals surface area contributed by atoms with Gasteiger partial charge in [0.1, 0.15) is 0 Å². The predicted molar refractivity (Wildman–Crippen MR) is 64.3 cm³/mol. The molecule has 0 aliphatic carbocycles. The molecule has 7 heteroatoms. The Morgan fingerprint density at radius 2 is 2.18 bits per heavy atom. The summed E-state index contributed by atoms with van der Waals surface area (Å²) in [5.74, 6) is -1.08. The Labute approximate surface area is 102 Å². The molecule has 0 radical (unpaired) electrons. The van der Waals surface area contributed by atoms with Crippen molar-refractivity contribution in [2.75, 3.05) is 18.8 Å². The maximum absolute atomic E-state index is 11.7. The van der Waals surface area contributed by atoms with Crippen LogP contribution in [0.25, 0.3) is 0 Å². The van der Waals surface area contributed by atoms with Crippen molar-refractivity contribution in [2.24, 2.45) is 0 Å². The van der Waals surface area contributed by atoms with Gasteiger partial charge in [-0.1, -0.05) is 6.42 Å². The molecule has 1 rings (SSSR count). The summed E-state index contributed by atoms with van der Waals surface area (Å²) in [6.45, 7) is 1.58. The van der Waals surface area contributed by atoms with Crippen LogP contribution in [0.15, 0.2) is 0 Å². The first-order chi connectivity index (χ1) is 7.99. The lowest BCUT2D eigenvalue weighted by molar-refractivity contribution is -0.137. The van der Waals surface area contributed by atoms with Gasteiger partial charge in [-0.15, -0.1) is 0 Å². The van der Waals surface area contributed by atoms with Crippen LogP contribution in [-0.4, -0.2) is 44.4 Å². The van der Waals surface area contributed by atoms with Gasteiger partial charge in [0, 0.05) is 19.0 Å². The number of carboxylic acids is 1. The second-order valence-electron chi connectivity index (χ2n) is 4.33. The van der Waals surface area contributed by atoms with Gasteiger partial charge in [0.05, 0.1) is 5.75 Å². The minimum atomic E-state index is -3.35. The zero-order valence-corrected chi connectivity index (χ0v) is 10.6. The fraction of sp³-hybridized carbons (Fsp3) is 0.900. The molecule has 0 saturated carbocycles. The number of carbonyl (C=O) groups is 1. The summed E-state index contributed by atoms with van der Waals surface area (Å²) in [6.07, 6.45) is 2.96. The molecular formula is C10H20N2O4S. The highest BCUT2D eigenvalue weighted by Gasteiger charge is 2.19. The fourth-order valence-corrected chi connectivity index (χ4v) is 3.20. The van der Waals surface area contributed by atoms with E-state index in [2.05, 4.69) is 10.0 Å². The molecule has 3 N–H and O–H groups in total. The van der Waals surface area contributed by atoms with Gasteiger partial charge in [-0.25, -0.2) is 13.1 Å². The quantitative estimate of drug-likeness (QED) is 0.623. The smallest absolute Gasteiger partial charge is 0.303 e. The Morgan fingerprint density at radius 3 is 2.88 bits per heavy atom. The minimum absolute atomic E-state index is 0.0627. The van der Waals surface area contributed by atoms with Crippen LogP contribution in [-0.2, 0) is 14.8 Å². The second-order valence-corrected chi connectivity index (χ2v) is 6.20. The number of carboxylic acid groups (broad SMARTS) is 1. The summed E-state index contributed by atoms with van der Waals surface area (Å²) in [5, 5.41) is 11.6. The average Bonchev–Trinajstić information content (AvgIpc) is 2.44. The number of rotatable bonds is 6. The zero-order valence-electron chi connectivity index (χ0n) is 9.81. The van der Waals surface area contributed by atoms with Crippen LogP contribution in [0.2, 0.25) is 0 Å². The molecule has 0 amide bonds. The van der Waals surface area contributed by atoms with Gasteiger partial charge in [0.15, 0.2) is 0 Å². The lowest BCUT2D eigenvalue weighted by Gasteiger charge is -2.16. The summed E-state index contributed by atoms with van der Waals surface area (Å²) in [7, 11) is -3.35. The maximum Gasteiger partial charge on any atom is 0.303 e. The number of sulfonamides is 1. The summed E-state index contributed by atoms with van der Waals surface area (Å²) in [5.41, 5.74) is 0. The maximum atomic E-state index is 11.7. The van der Waals surface area contributed by atoms with Crippen molar-refractivity contribution in [1.29, 1.82) is 0 Å². The Bertz CT molecular complexity index is 334. The minimum Gasteiger partial charge on any atom is -0.481 e. The third kappa shape index (κ3) is 6.60. The molecule has 100 valence electrons. The average molecular weight is 264 g/mol. The van der Waals surface area contributed by atoms with Crippen molar-refractivity contribution in [3.8, 4) is 0 Å². The largest absolute Gasteiger partial charge is 0.481 e. The van der Waals surface area contributed by atoms with E-state index in [-0.39, 0.29) is 24.6 Å². The summed E-state index contributed by atoms with van der Waals surface area (Å²) >= 11 is 0. The Hall–Kier alpha value is -0.660. The Kier molecular flexibility index (Phi) is 5.87. The van der Waals surface area contributed by atoms with E-state index < -0.39 is 16.0 Å². The highest BCUT2D eigenvalue weighted by molar-refractivity contribution is 7.89. The lowest BCUT2D eigenvalue weighted by Crippen LogP contribution is -2.41. The third-order valence-corrected chi connectivity index (χ3v) is 4.22. The van der Waals surface area contributed by atoms with E-state index in [9.17, 15) is 13.2 Å². The van der Waals surface area contributed by atoms with Crippen LogP contribution in [0.5, 0.6) is 0 Å². The molecule has 17 heavy (non-hydrogen) atoms. The molecule has 0 aromatic carbocycles. The Morgan fingerprint density at radius 1 is 1.41 bits per heavy atom. The van der Waals surface area contributed by atoms with Crippen molar-refractivity contribution < 1.29 is 18.3 Å². The molecule has 6 nitrogen and oxygen atoms in total. The standard InChI is InChI=1S/C10H20N2O4S/c13-10(14)5-3-7-17(15,16)12-9-4-1-2-6-11-8-9/h9,11-12H,1-8H2,(H,13,14).